The maximum atomic E-state index is 14.6. The minimum absolute atomic E-state index is 0.0435. The van der Waals surface area contributed by atoms with Crippen molar-refractivity contribution in [2.75, 3.05) is 18.4 Å². The van der Waals surface area contributed by atoms with E-state index in [1.54, 1.807) is 36.1 Å². The van der Waals surface area contributed by atoms with Gasteiger partial charge in [-0.3, -0.25) is 14.7 Å². The lowest BCUT2D eigenvalue weighted by molar-refractivity contribution is -0.125. The highest BCUT2D eigenvalue weighted by atomic mass is 19.3. The fraction of sp³-hybridized carbons (Fsp3) is 0.320. The molecule has 2 N–H and O–H groups in total. The summed E-state index contributed by atoms with van der Waals surface area (Å²) in [4.78, 5) is 22.6. The molecule has 4 rings (SSSR count). The van der Waals surface area contributed by atoms with Crippen molar-refractivity contribution in [3.8, 4) is 0 Å². The van der Waals surface area contributed by atoms with Crippen LogP contribution in [0.2, 0.25) is 0 Å². The first-order valence-corrected chi connectivity index (χ1v) is 11.0. The Kier molecular flexibility index (Phi) is 6.95. The molecule has 178 valence electrons. The number of carbonyl (C=O) groups excluding carboxylic acids is 1. The first-order valence-electron chi connectivity index (χ1n) is 11.0. The van der Waals surface area contributed by atoms with Crippen molar-refractivity contribution in [1.29, 1.82) is 0 Å². The molecule has 6 nitrogen and oxygen atoms in total. The molecule has 2 unspecified atom stereocenters. The number of piperidine rings is 1. The van der Waals surface area contributed by atoms with Gasteiger partial charge in [0.25, 0.3) is 5.92 Å². The summed E-state index contributed by atoms with van der Waals surface area (Å²) in [5.74, 6) is -4.37. The molecular formula is C25H25F3N4O2. The Morgan fingerprint density at radius 3 is 2.44 bits per heavy atom. The molecule has 1 amide bonds. The number of carbonyl (C=O) groups is 1. The molecule has 3 heterocycles. The third-order valence-electron chi connectivity index (χ3n) is 6.23. The van der Waals surface area contributed by atoms with Crippen molar-refractivity contribution in [3.05, 3.63) is 89.6 Å². The number of likely N-dealkylation sites (tertiary alicyclic amines) is 1. The SMILES string of the molecule is CC(C(=O)Nc1ccc(C(O)c2ccc(F)cc2)cn1)N1CCC(F)(F)[C@@H](c2ccncc2)C1. The smallest absolute Gasteiger partial charge is 0.257 e. The largest absolute Gasteiger partial charge is 0.384 e. The van der Waals surface area contributed by atoms with Crippen LogP contribution in [-0.4, -0.2) is 50.9 Å². The number of nitrogens with zero attached hydrogens (tertiary/aromatic N) is 3. The molecule has 0 radical (unpaired) electrons. The molecule has 2 aromatic heterocycles. The van der Waals surface area contributed by atoms with Gasteiger partial charge < -0.3 is 10.4 Å². The zero-order valence-electron chi connectivity index (χ0n) is 18.5. The Bertz CT molecular complexity index is 1110. The average molecular weight is 470 g/mol. The van der Waals surface area contributed by atoms with Crippen LogP contribution in [-0.2, 0) is 4.79 Å². The second-order valence-electron chi connectivity index (χ2n) is 8.44. The molecule has 3 atom stereocenters. The predicted octanol–water partition coefficient (Wildman–Crippen LogP) is 4.15. The summed E-state index contributed by atoms with van der Waals surface area (Å²) >= 11 is 0. The van der Waals surface area contributed by atoms with Gasteiger partial charge in [0.15, 0.2) is 0 Å². The number of hydrogen-bond acceptors (Lipinski definition) is 5. The molecule has 9 heteroatoms. The standard InChI is InChI=1S/C25H25F3N4O2/c1-16(32-13-10-25(27,28)21(15-32)17-8-11-29-12-9-17)24(34)31-22-7-4-19(14-30-22)23(33)18-2-5-20(26)6-3-18/h2-9,11-12,14,16,21,23,33H,10,13,15H2,1H3,(H,30,31,34)/t16?,21-,23?/m1/s1. The van der Waals surface area contributed by atoms with Gasteiger partial charge in [0.2, 0.25) is 5.91 Å². The normalized spacial score (nSPS) is 19.9. The van der Waals surface area contributed by atoms with Crippen molar-refractivity contribution < 1.29 is 23.1 Å². The second-order valence-corrected chi connectivity index (χ2v) is 8.44. The number of pyridine rings is 2. The van der Waals surface area contributed by atoms with Crippen LogP contribution < -0.4 is 5.32 Å². The monoisotopic (exact) mass is 470 g/mol. The van der Waals surface area contributed by atoms with E-state index in [-0.39, 0.29) is 31.2 Å². The molecule has 0 saturated carbocycles. The van der Waals surface area contributed by atoms with Crippen LogP contribution in [0.3, 0.4) is 0 Å². The Balaban J connectivity index is 1.40. The first-order chi connectivity index (χ1) is 16.2. The van der Waals surface area contributed by atoms with E-state index in [2.05, 4.69) is 15.3 Å². The highest BCUT2D eigenvalue weighted by Gasteiger charge is 2.46. The molecule has 3 aromatic rings. The lowest BCUT2D eigenvalue weighted by atomic mass is 9.87. The third kappa shape index (κ3) is 5.26. The van der Waals surface area contributed by atoms with Gasteiger partial charge in [-0.2, -0.15) is 0 Å². The van der Waals surface area contributed by atoms with E-state index < -0.39 is 29.8 Å². The summed E-state index contributed by atoms with van der Waals surface area (Å²) in [6, 6.07) is 11.2. The van der Waals surface area contributed by atoms with Gasteiger partial charge in [-0.15, -0.1) is 0 Å². The zero-order chi connectivity index (χ0) is 24.3. The lowest BCUT2D eigenvalue weighted by Crippen LogP contribution is -2.52. The number of anilines is 1. The number of hydrogen-bond donors (Lipinski definition) is 2. The van der Waals surface area contributed by atoms with Gasteiger partial charge in [0, 0.05) is 43.7 Å². The Morgan fingerprint density at radius 2 is 1.79 bits per heavy atom. The highest BCUT2D eigenvalue weighted by Crippen LogP contribution is 2.40. The summed E-state index contributed by atoms with van der Waals surface area (Å²) in [5.41, 5.74) is 1.49. The van der Waals surface area contributed by atoms with Crippen molar-refractivity contribution in [2.45, 2.75) is 37.3 Å². The number of amides is 1. The summed E-state index contributed by atoms with van der Waals surface area (Å²) in [6.07, 6.45) is 3.07. The van der Waals surface area contributed by atoms with Crippen molar-refractivity contribution in [2.24, 2.45) is 0 Å². The summed E-state index contributed by atoms with van der Waals surface area (Å²) < 4.78 is 42.3. The first kappa shape index (κ1) is 23.8. The van der Waals surface area contributed by atoms with Crippen molar-refractivity contribution in [1.82, 2.24) is 14.9 Å². The zero-order valence-corrected chi connectivity index (χ0v) is 18.5. The molecule has 1 aromatic carbocycles. The Hall–Kier alpha value is -3.30. The number of alkyl halides is 2. The quantitative estimate of drug-likeness (QED) is 0.566. The van der Waals surface area contributed by atoms with E-state index in [1.807, 2.05) is 0 Å². The number of halogens is 3. The molecule has 0 bridgehead atoms. The molecule has 0 spiro atoms. The minimum Gasteiger partial charge on any atom is -0.384 e. The molecule has 1 saturated heterocycles. The van der Waals surface area contributed by atoms with Gasteiger partial charge >= 0.3 is 0 Å². The molecular weight excluding hydrogens is 445 g/mol. The van der Waals surface area contributed by atoms with Crippen LogP contribution in [0.4, 0.5) is 19.0 Å². The molecule has 1 aliphatic heterocycles. The third-order valence-corrected chi connectivity index (χ3v) is 6.23. The number of aliphatic hydroxyl groups is 1. The highest BCUT2D eigenvalue weighted by molar-refractivity contribution is 5.93. The Morgan fingerprint density at radius 1 is 1.12 bits per heavy atom. The van der Waals surface area contributed by atoms with Crippen LogP contribution in [0.1, 0.15) is 42.1 Å². The summed E-state index contributed by atoms with van der Waals surface area (Å²) in [6.45, 7) is 1.82. The van der Waals surface area contributed by atoms with Crippen LogP contribution in [0.5, 0.6) is 0 Å². The van der Waals surface area contributed by atoms with Gasteiger partial charge in [0.1, 0.15) is 17.7 Å². The predicted molar refractivity (Wildman–Crippen MR) is 121 cm³/mol. The van der Waals surface area contributed by atoms with E-state index in [0.29, 0.717) is 16.7 Å². The number of benzene rings is 1. The summed E-state index contributed by atoms with van der Waals surface area (Å²) in [5, 5.41) is 13.2. The van der Waals surface area contributed by atoms with Gasteiger partial charge in [-0.25, -0.2) is 18.2 Å². The van der Waals surface area contributed by atoms with E-state index in [0.717, 1.165) is 0 Å². The van der Waals surface area contributed by atoms with Crippen LogP contribution >= 0.6 is 0 Å². The van der Waals surface area contributed by atoms with Gasteiger partial charge in [-0.1, -0.05) is 18.2 Å². The van der Waals surface area contributed by atoms with Crippen molar-refractivity contribution in [3.63, 3.8) is 0 Å². The number of rotatable bonds is 6. The average Bonchev–Trinajstić information content (AvgIpc) is 2.84. The van der Waals surface area contributed by atoms with E-state index in [1.165, 1.54) is 42.9 Å². The Labute approximate surface area is 195 Å². The molecule has 34 heavy (non-hydrogen) atoms. The van der Waals surface area contributed by atoms with Gasteiger partial charge in [0.05, 0.1) is 12.0 Å². The maximum absolute atomic E-state index is 14.6. The van der Waals surface area contributed by atoms with Crippen LogP contribution in [0.25, 0.3) is 0 Å². The number of aliphatic hydroxyl groups excluding tert-OH is 1. The van der Waals surface area contributed by atoms with E-state index in [9.17, 15) is 23.1 Å². The number of nitrogens with one attached hydrogen (secondary N) is 1. The van der Waals surface area contributed by atoms with Crippen LogP contribution in [0.15, 0.2) is 67.1 Å². The topological polar surface area (TPSA) is 78.3 Å². The van der Waals surface area contributed by atoms with Crippen LogP contribution in [0, 0.1) is 5.82 Å². The summed E-state index contributed by atoms with van der Waals surface area (Å²) in [7, 11) is 0. The molecule has 1 aliphatic rings. The van der Waals surface area contributed by atoms with Crippen molar-refractivity contribution >= 4 is 11.7 Å². The number of aromatic nitrogens is 2. The van der Waals surface area contributed by atoms with E-state index in [4.69, 9.17) is 0 Å². The fourth-order valence-corrected chi connectivity index (χ4v) is 4.10. The molecule has 0 aliphatic carbocycles. The minimum atomic E-state index is -2.86. The maximum Gasteiger partial charge on any atom is 0.257 e. The fourth-order valence-electron chi connectivity index (χ4n) is 4.10. The van der Waals surface area contributed by atoms with E-state index >= 15 is 0 Å². The lowest BCUT2D eigenvalue weighted by Gasteiger charge is -2.40. The second kappa shape index (κ2) is 9.90. The van der Waals surface area contributed by atoms with Gasteiger partial charge in [-0.05, 0) is 48.4 Å². The molecule has 1 fully saturated rings.